The van der Waals surface area contributed by atoms with E-state index in [1.165, 1.54) is 5.56 Å². The zero-order chi connectivity index (χ0) is 13.9. The van der Waals surface area contributed by atoms with Crippen molar-refractivity contribution in [2.45, 2.75) is 24.9 Å². The van der Waals surface area contributed by atoms with Crippen molar-refractivity contribution in [3.05, 3.63) is 35.9 Å². The fraction of sp³-hybridized carbons (Fsp3) is 0.571. The Morgan fingerprint density at radius 3 is 2.58 bits per heavy atom. The lowest BCUT2D eigenvalue weighted by molar-refractivity contribution is 0.180. The predicted octanol–water partition coefficient (Wildman–Crippen LogP) is 1.20. The van der Waals surface area contributed by atoms with Gasteiger partial charge in [-0.25, -0.2) is 8.42 Å². The van der Waals surface area contributed by atoms with Gasteiger partial charge < -0.3 is 5.73 Å². The number of rotatable bonds is 5. The van der Waals surface area contributed by atoms with Crippen molar-refractivity contribution in [1.29, 1.82) is 0 Å². The monoisotopic (exact) mass is 282 g/mol. The molecule has 1 aliphatic rings. The molecule has 0 spiro atoms. The molecule has 106 valence electrons. The highest BCUT2D eigenvalue weighted by Crippen LogP contribution is 2.28. The van der Waals surface area contributed by atoms with Gasteiger partial charge in [0, 0.05) is 12.1 Å². The summed E-state index contributed by atoms with van der Waals surface area (Å²) in [6, 6.07) is 10.5. The molecule has 5 heteroatoms. The van der Waals surface area contributed by atoms with Gasteiger partial charge in [-0.05, 0) is 32.0 Å². The van der Waals surface area contributed by atoms with Crippen molar-refractivity contribution in [2.24, 2.45) is 5.73 Å². The van der Waals surface area contributed by atoms with Crippen LogP contribution in [0.4, 0.5) is 0 Å². The number of hydrogen-bond donors (Lipinski definition) is 1. The molecule has 0 aliphatic carbocycles. The summed E-state index contributed by atoms with van der Waals surface area (Å²) in [6.07, 6.45) is 1.57. The fourth-order valence-corrected chi connectivity index (χ4v) is 4.58. The van der Waals surface area contributed by atoms with Crippen molar-refractivity contribution < 1.29 is 8.42 Å². The van der Waals surface area contributed by atoms with E-state index < -0.39 is 9.84 Å². The van der Waals surface area contributed by atoms with E-state index in [0.717, 1.165) is 12.8 Å². The van der Waals surface area contributed by atoms with Crippen LogP contribution in [0.25, 0.3) is 0 Å². The maximum Gasteiger partial charge on any atom is 0.151 e. The van der Waals surface area contributed by atoms with Crippen LogP contribution in [0.1, 0.15) is 24.4 Å². The average molecular weight is 282 g/mol. The Kier molecular flexibility index (Phi) is 4.60. The van der Waals surface area contributed by atoms with Gasteiger partial charge in [0.15, 0.2) is 9.84 Å². The minimum atomic E-state index is -2.84. The molecule has 1 saturated heterocycles. The van der Waals surface area contributed by atoms with Crippen molar-refractivity contribution >= 4 is 9.84 Å². The lowest BCUT2D eigenvalue weighted by Gasteiger charge is -2.32. The first kappa shape index (κ1) is 14.5. The largest absolute Gasteiger partial charge is 0.330 e. The Balaban J connectivity index is 2.16. The first-order chi connectivity index (χ1) is 9.03. The molecule has 4 nitrogen and oxygen atoms in total. The summed E-state index contributed by atoms with van der Waals surface area (Å²) in [5.41, 5.74) is 6.92. The van der Waals surface area contributed by atoms with Gasteiger partial charge in [-0.2, -0.15) is 0 Å². The van der Waals surface area contributed by atoms with E-state index in [9.17, 15) is 8.42 Å². The van der Waals surface area contributed by atoms with Gasteiger partial charge in [0.05, 0.1) is 11.5 Å². The second-order valence-corrected chi connectivity index (χ2v) is 7.45. The van der Waals surface area contributed by atoms with E-state index in [2.05, 4.69) is 17.0 Å². The number of sulfone groups is 1. The standard InChI is InChI=1S/C14H22N2O2S/c1-16(13-8-10-19(17,18)11-13)14(7-9-15)12-5-3-2-4-6-12/h2-6,13-14H,7-11,15H2,1H3. The van der Waals surface area contributed by atoms with Crippen LogP contribution in [0.2, 0.25) is 0 Å². The summed E-state index contributed by atoms with van der Waals surface area (Å²) in [5.74, 6) is 0.587. The average Bonchev–Trinajstić information content (AvgIpc) is 2.77. The third-order valence-corrected chi connectivity index (χ3v) is 5.65. The Hall–Kier alpha value is -0.910. The van der Waals surface area contributed by atoms with Crippen molar-refractivity contribution in [1.82, 2.24) is 4.90 Å². The van der Waals surface area contributed by atoms with Crippen LogP contribution in [-0.4, -0.2) is 44.5 Å². The first-order valence-electron chi connectivity index (χ1n) is 6.71. The summed E-state index contributed by atoms with van der Waals surface area (Å²) in [6.45, 7) is 0.601. The van der Waals surface area contributed by atoms with Gasteiger partial charge >= 0.3 is 0 Å². The van der Waals surface area contributed by atoms with Crippen molar-refractivity contribution in [3.8, 4) is 0 Å². The van der Waals surface area contributed by atoms with Gasteiger partial charge in [-0.15, -0.1) is 0 Å². The van der Waals surface area contributed by atoms with Crippen LogP contribution in [0.3, 0.4) is 0 Å². The number of benzene rings is 1. The maximum absolute atomic E-state index is 11.6. The van der Waals surface area contributed by atoms with Crippen LogP contribution in [0.15, 0.2) is 30.3 Å². The highest BCUT2D eigenvalue weighted by Gasteiger charge is 2.33. The number of hydrogen-bond acceptors (Lipinski definition) is 4. The predicted molar refractivity (Wildman–Crippen MR) is 77.7 cm³/mol. The van der Waals surface area contributed by atoms with Crippen LogP contribution >= 0.6 is 0 Å². The molecular weight excluding hydrogens is 260 g/mol. The molecule has 2 N–H and O–H groups in total. The summed E-state index contributed by atoms with van der Waals surface area (Å²) in [4.78, 5) is 2.19. The molecule has 19 heavy (non-hydrogen) atoms. The van der Waals surface area contributed by atoms with Gasteiger partial charge in [-0.1, -0.05) is 30.3 Å². The molecule has 0 amide bonds. The Labute approximate surface area is 115 Å². The highest BCUT2D eigenvalue weighted by atomic mass is 32.2. The minimum absolute atomic E-state index is 0.113. The van der Waals surface area contributed by atoms with Crippen LogP contribution in [0, 0.1) is 0 Å². The van der Waals surface area contributed by atoms with E-state index in [1.807, 2.05) is 25.2 Å². The van der Waals surface area contributed by atoms with Gasteiger partial charge in [0.2, 0.25) is 0 Å². The SMILES string of the molecule is CN(C1CCS(=O)(=O)C1)C(CCN)c1ccccc1. The molecule has 1 aromatic rings. The first-order valence-corrected chi connectivity index (χ1v) is 8.53. The molecule has 2 rings (SSSR count). The minimum Gasteiger partial charge on any atom is -0.330 e. The topological polar surface area (TPSA) is 63.4 Å². The molecule has 0 aromatic heterocycles. The molecule has 1 fully saturated rings. The zero-order valence-corrected chi connectivity index (χ0v) is 12.1. The van der Waals surface area contributed by atoms with E-state index in [0.29, 0.717) is 12.3 Å². The molecule has 0 saturated carbocycles. The lowest BCUT2D eigenvalue weighted by atomic mass is 10.0. The second kappa shape index (κ2) is 6.03. The number of nitrogens with two attached hydrogens (primary N) is 1. The molecule has 1 aromatic carbocycles. The van der Waals surface area contributed by atoms with E-state index in [1.54, 1.807) is 0 Å². The summed E-state index contributed by atoms with van der Waals surface area (Å²) < 4.78 is 23.2. The maximum atomic E-state index is 11.6. The van der Waals surface area contributed by atoms with E-state index in [-0.39, 0.29) is 17.8 Å². The normalized spacial score (nSPS) is 23.6. The van der Waals surface area contributed by atoms with Crippen LogP contribution < -0.4 is 5.73 Å². The Morgan fingerprint density at radius 2 is 2.05 bits per heavy atom. The van der Waals surface area contributed by atoms with E-state index in [4.69, 9.17) is 5.73 Å². The lowest BCUT2D eigenvalue weighted by Crippen LogP contribution is -2.37. The summed E-state index contributed by atoms with van der Waals surface area (Å²) in [5, 5.41) is 0. The van der Waals surface area contributed by atoms with Crippen LogP contribution in [0.5, 0.6) is 0 Å². The third kappa shape index (κ3) is 3.55. The van der Waals surface area contributed by atoms with Crippen LogP contribution in [-0.2, 0) is 9.84 Å². The van der Waals surface area contributed by atoms with Crippen molar-refractivity contribution in [2.75, 3.05) is 25.1 Å². The number of nitrogens with zero attached hydrogens (tertiary/aromatic N) is 1. The molecule has 0 bridgehead atoms. The molecule has 1 heterocycles. The molecular formula is C14H22N2O2S. The van der Waals surface area contributed by atoms with Gasteiger partial charge in [0.25, 0.3) is 0 Å². The summed E-state index contributed by atoms with van der Waals surface area (Å²) >= 11 is 0. The quantitative estimate of drug-likeness (QED) is 0.881. The summed E-state index contributed by atoms with van der Waals surface area (Å²) in [7, 11) is -0.831. The van der Waals surface area contributed by atoms with Gasteiger partial charge in [0.1, 0.15) is 0 Å². The smallest absolute Gasteiger partial charge is 0.151 e. The molecule has 0 radical (unpaired) electrons. The second-order valence-electron chi connectivity index (χ2n) is 5.23. The molecule has 2 atom stereocenters. The highest BCUT2D eigenvalue weighted by molar-refractivity contribution is 7.91. The van der Waals surface area contributed by atoms with E-state index >= 15 is 0 Å². The fourth-order valence-electron chi connectivity index (χ4n) is 2.79. The van der Waals surface area contributed by atoms with Gasteiger partial charge in [-0.3, -0.25) is 4.90 Å². The molecule has 2 unspecified atom stereocenters. The molecule has 1 aliphatic heterocycles. The Morgan fingerprint density at radius 1 is 1.37 bits per heavy atom. The Bertz CT molecular complexity index is 501. The zero-order valence-electron chi connectivity index (χ0n) is 11.3. The van der Waals surface area contributed by atoms with Crippen molar-refractivity contribution in [3.63, 3.8) is 0 Å². The third-order valence-electron chi connectivity index (χ3n) is 3.90.